The summed E-state index contributed by atoms with van der Waals surface area (Å²) in [4.78, 5) is 16.2. The predicted octanol–water partition coefficient (Wildman–Crippen LogP) is 4.96. The molecule has 5 nitrogen and oxygen atoms in total. The van der Waals surface area contributed by atoms with Crippen LogP contribution < -0.4 is 5.32 Å². The Labute approximate surface area is 167 Å². The van der Waals surface area contributed by atoms with E-state index in [1.165, 1.54) is 6.07 Å². The Morgan fingerprint density at radius 1 is 1.24 bits per heavy atom. The second-order valence-electron chi connectivity index (χ2n) is 6.78. The van der Waals surface area contributed by atoms with Gasteiger partial charge in [-0.25, -0.2) is 4.39 Å². The maximum Gasteiger partial charge on any atom is 0.168 e. The minimum absolute atomic E-state index is 0.285. The lowest BCUT2D eigenvalue weighted by Gasteiger charge is -2.10. The van der Waals surface area contributed by atoms with Gasteiger partial charge in [-0.2, -0.15) is 5.26 Å². The van der Waals surface area contributed by atoms with E-state index in [9.17, 15) is 9.18 Å². The number of nitrogens with zero attached hydrogens (tertiary/aromatic N) is 3. The van der Waals surface area contributed by atoms with E-state index < -0.39 is 5.82 Å². The summed E-state index contributed by atoms with van der Waals surface area (Å²) in [7, 11) is 0. The first-order valence-corrected chi connectivity index (χ1v) is 9.04. The number of halogens is 1. The molecule has 0 aliphatic carbocycles. The minimum Gasteiger partial charge on any atom is -0.351 e. The van der Waals surface area contributed by atoms with Crippen molar-refractivity contribution in [1.82, 2.24) is 9.55 Å². The molecule has 0 bridgehead atoms. The summed E-state index contributed by atoms with van der Waals surface area (Å²) in [6.07, 6.45) is 4.05. The molecule has 29 heavy (non-hydrogen) atoms. The molecule has 0 radical (unpaired) electrons. The third-order valence-electron chi connectivity index (χ3n) is 4.80. The smallest absolute Gasteiger partial charge is 0.168 e. The van der Waals surface area contributed by atoms with E-state index in [4.69, 9.17) is 5.26 Å². The van der Waals surface area contributed by atoms with Crippen molar-refractivity contribution in [2.45, 2.75) is 13.5 Å². The van der Waals surface area contributed by atoms with Crippen LogP contribution in [0.25, 0.3) is 10.9 Å². The van der Waals surface area contributed by atoms with Gasteiger partial charge in [0.05, 0.1) is 28.5 Å². The first kappa shape index (κ1) is 18.4. The van der Waals surface area contributed by atoms with Gasteiger partial charge in [0.1, 0.15) is 11.5 Å². The summed E-state index contributed by atoms with van der Waals surface area (Å²) in [5.74, 6) is -0.395. The number of nitriles is 1. The van der Waals surface area contributed by atoms with Crippen LogP contribution in [0.4, 0.5) is 15.8 Å². The third kappa shape index (κ3) is 3.46. The van der Waals surface area contributed by atoms with E-state index in [0.717, 1.165) is 22.9 Å². The Balaban J connectivity index is 1.85. The molecule has 142 valence electrons. The van der Waals surface area contributed by atoms with Gasteiger partial charge in [0.15, 0.2) is 6.29 Å². The second-order valence-corrected chi connectivity index (χ2v) is 6.78. The van der Waals surface area contributed by atoms with Gasteiger partial charge in [-0.3, -0.25) is 9.78 Å². The van der Waals surface area contributed by atoms with Crippen LogP contribution in [0.2, 0.25) is 0 Å². The van der Waals surface area contributed by atoms with Crippen LogP contribution in [0.1, 0.15) is 27.2 Å². The Morgan fingerprint density at radius 3 is 2.86 bits per heavy atom. The summed E-state index contributed by atoms with van der Waals surface area (Å²) in [6, 6.07) is 16.0. The summed E-state index contributed by atoms with van der Waals surface area (Å²) in [6.45, 7) is 2.21. The van der Waals surface area contributed by atoms with Crippen molar-refractivity contribution >= 4 is 28.6 Å². The standard InChI is InChI=1S/C23H17FN4O/c1-15-5-6-20(19(24)9-15)27-23-18-12-26-8-7-21(18)28(22(23)14-29)13-17-4-2-3-16(10-17)11-25/h2-10,12,14,27H,13H2,1H3. The Kier molecular flexibility index (Phi) is 4.80. The second kappa shape index (κ2) is 7.56. The minimum atomic E-state index is -0.395. The number of benzene rings is 2. The van der Waals surface area contributed by atoms with Gasteiger partial charge in [0.25, 0.3) is 0 Å². The highest BCUT2D eigenvalue weighted by molar-refractivity contribution is 6.03. The number of hydrogen-bond acceptors (Lipinski definition) is 4. The fraction of sp³-hybridized carbons (Fsp3) is 0.0870. The SMILES string of the molecule is Cc1ccc(Nc2c(C=O)n(Cc3cccc(C#N)c3)c3ccncc23)c(F)c1. The van der Waals surface area contributed by atoms with E-state index in [2.05, 4.69) is 16.4 Å². The average molecular weight is 384 g/mol. The zero-order valence-corrected chi connectivity index (χ0v) is 15.7. The summed E-state index contributed by atoms with van der Waals surface area (Å²) >= 11 is 0. The Hall–Kier alpha value is -3.98. The predicted molar refractivity (Wildman–Crippen MR) is 110 cm³/mol. The van der Waals surface area contributed by atoms with Crippen LogP contribution in [0.15, 0.2) is 60.9 Å². The number of aryl methyl sites for hydroxylation is 1. The van der Waals surface area contributed by atoms with Crippen molar-refractivity contribution in [3.8, 4) is 6.07 Å². The molecule has 2 aromatic carbocycles. The fourth-order valence-corrected chi connectivity index (χ4v) is 3.42. The van der Waals surface area contributed by atoms with Crippen LogP contribution in [0, 0.1) is 24.1 Å². The van der Waals surface area contributed by atoms with Crippen LogP contribution >= 0.6 is 0 Å². The van der Waals surface area contributed by atoms with Crippen molar-refractivity contribution in [3.63, 3.8) is 0 Å². The topological polar surface area (TPSA) is 70.7 Å². The Bertz CT molecular complexity index is 1270. The van der Waals surface area contributed by atoms with Crippen LogP contribution in [0.3, 0.4) is 0 Å². The molecule has 0 saturated carbocycles. The molecule has 2 aromatic heterocycles. The fourth-order valence-electron chi connectivity index (χ4n) is 3.42. The molecule has 0 spiro atoms. The molecule has 4 rings (SSSR count). The van der Waals surface area contributed by atoms with Crippen LogP contribution in [-0.2, 0) is 6.54 Å². The molecule has 0 unspecified atom stereocenters. The van der Waals surface area contributed by atoms with Gasteiger partial charge < -0.3 is 9.88 Å². The monoisotopic (exact) mass is 384 g/mol. The number of pyridine rings is 1. The first-order valence-electron chi connectivity index (χ1n) is 9.04. The van der Waals surface area contributed by atoms with Crippen molar-refractivity contribution in [1.29, 1.82) is 5.26 Å². The van der Waals surface area contributed by atoms with E-state index >= 15 is 0 Å². The molecule has 2 heterocycles. The molecule has 6 heteroatoms. The number of rotatable bonds is 5. The van der Waals surface area contributed by atoms with E-state index in [1.807, 2.05) is 29.7 Å². The lowest BCUT2D eigenvalue weighted by Crippen LogP contribution is -2.05. The summed E-state index contributed by atoms with van der Waals surface area (Å²) in [5, 5.41) is 12.9. The normalized spacial score (nSPS) is 10.7. The highest BCUT2D eigenvalue weighted by atomic mass is 19.1. The molecular formula is C23H17FN4O. The quantitative estimate of drug-likeness (QED) is 0.494. The average Bonchev–Trinajstić information content (AvgIpc) is 3.03. The van der Waals surface area contributed by atoms with Crippen LogP contribution in [-0.4, -0.2) is 15.8 Å². The zero-order chi connectivity index (χ0) is 20.4. The van der Waals surface area contributed by atoms with Gasteiger partial charge in [-0.15, -0.1) is 0 Å². The molecule has 0 amide bonds. The molecular weight excluding hydrogens is 367 g/mol. The largest absolute Gasteiger partial charge is 0.351 e. The van der Waals surface area contributed by atoms with Crippen molar-refractivity contribution in [2.24, 2.45) is 0 Å². The van der Waals surface area contributed by atoms with Crippen LogP contribution in [0.5, 0.6) is 0 Å². The first-order chi connectivity index (χ1) is 14.1. The van der Waals surface area contributed by atoms with E-state index in [-0.39, 0.29) is 5.69 Å². The van der Waals surface area contributed by atoms with Crippen molar-refractivity contribution in [3.05, 3.63) is 89.1 Å². The molecule has 0 atom stereocenters. The molecule has 1 N–H and O–H groups in total. The van der Waals surface area contributed by atoms with E-state index in [0.29, 0.717) is 28.9 Å². The number of carbonyl (C=O) groups excluding carboxylic acids is 1. The number of aromatic nitrogens is 2. The number of hydrogen-bond donors (Lipinski definition) is 1. The molecule has 0 fully saturated rings. The number of nitrogens with one attached hydrogen (secondary N) is 1. The highest BCUT2D eigenvalue weighted by Crippen LogP contribution is 2.33. The maximum atomic E-state index is 14.4. The highest BCUT2D eigenvalue weighted by Gasteiger charge is 2.18. The van der Waals surface area contributed by atoms with Crippen molar-refractivity contribution < 1.29 is 9.18 Å². The van der Waals surface area contributed by atoms with Gasteiger partial charge in [-0.05, 0) is 48.4 Å². The lowest BCUT2D eigenvalue weighted by molar-refractivity contribution is 0.111. The van der Waals surface area contributed by atoms with Gasteiger partial charge in [-0.1, -0.05) is 18.2 Å². The lowest BCUT2D eigenvalue weighted by atomic mass is 10.1. The number of fused-ring (bicyclic) bond motifs is 1. The van der Waals surface area contributed by atoms with Gasteiger partial charge in [0, 0.05) is 24.3 Å². The third-order valence-corrected chi connectivity index (χ3v) is 4.80. The number of carbonyl (C=O) groups is 1. The summed E-state index contributed by atoms with van der Waals surface area (Å²) < 4.78 is 16.2. The maximum absolute atomic E-state index is 14.4. The number of aldehydes is 1. The molecule has 0 aliphatic rings. The van der Waals surface area contributed by atoms with Crippen molar-refractivity contribution in [2.75, 3.05) is 5.32 Å². The molecule has 4 aromatic rings. The molecule has 0 saturated heterocycles. The Morgan fingerprint density at radius 2 is 2.10 bits per heavy atom. The van der Waals surface area contributed by atoms with Gasteiger partial charge >= 0.3 is 0 Å². The van der Waals surface area contributed by atoms with E-state index in [1.54, 1.807) is 36.7 Å². The number of anilines is 2. The molecule has 0 aliphatic heterocycles. The summed E-state index contributed by atoms with van der Waals surface area (Å²) in [5.41, 5.74) is 4.21. The van der Waals surface area contributed by atoms with Gasteiger partial charge in [0.2, 0.25) is 0 Å². The zero-order valence-electron chi connectivity index (χ0n) is 15.7.